The van der Waals surface area contributed by atoms with Gasteiger partial charge in [-0.1, -0.05) is 41.5 Å². The Labute approximate surface area is 319 Å². The van der Waals surface area contributed by atoms with Crippen LogP contribution in [-0.4, -0.2) is 133 Å². The van der Waals surface area contributed by atoms with Crippen molar-refractivity contribution in [2.45, 2.75) is 180 Å². The highest BCUT2D eigenvalue weighted by Crippen LogP contribution is 2.78. The molecule has 0 spiro atoms. The minimum absolute atomic E-state index is 0.109. The zero-order chi connectivity index (χ0) is 39.7. The lowest BCUT2D eigenvalue weighted by atomic mass is 9.31. The molecule has 0 aromatic heterocycles. The summed E-state index contributed by atoms with van der Waals surface area (Å²) in [5.74, 6) is 0.130. The van der Waals surface area contributed by atoms with Crippen molar-refractivity contribution < 1.29 is 64.6 Å². The molecule has 13 nitrogen and oxygen atoms in total. The first-order valence-electron chi connectivity index (χ1n) is 20.5. The summed E-state index contributed by atoms with van der Waals surface area (Å²) in [6.07, 6.45) is -7.12. The number of aliphatic hydroxyl groups excluding tert-OH is 8. The van der Waals surface area contributed by atoms with Crippen LogP contribution < -0.4 is 0 Å². The smallest absolute Gasteiger partial charge is 0.187 e. The van der Waals surface area contributed by atoms with Gasteiger partial charge in [0.2, 0.25) is 0 Å². The normalized spacial score (nSPS) is 56.0. The van der Waals surface area contributed by atoms with Gasteiger partial charge in [-0.25, -0.2) is 0 Å². The predicted molar refractivity (Wildman–Crippen MR) is 193 cm³/mol. The molecule has 0 radical (unpaired) electrons. The molecule has 7 aliphatic rings. The first-order valence-corrected chi connectivity index (χ1v) is 20.5. The van der Waals surface area contributed by atoms with E-state index >= 15 is 0 Å². The minimum Gasteiger partial charge on any atom is -0.394 e. The van der Waals surface area contributed by atoms with Gasteiger partial charge in [-0.15, -0.1) is 0 Å². The monoisotopic (exact) mass is 768 g/mol. The van der Waals surface area contributed by atoms with E-state index in [4.69, 9.17) is 18.9 Å². The molecule has 2 saturated heterocycles. The van der Waals surface area contributed by atoms with Crippen LogP contribution in [0, 0.1) is 56.7 Å². The molecule has 20 atom stereocenters. The van der Waals surface area contributed by atoms with E-state index in [1.165, 1.54) is 0 Å². The highest BCUT2D eigenvalue weighted by molar-refractivity contribution is 5.85. The van der Waals surface area contributed by atoms with E-state index in [2.05, 4.69) is 41.5 Å². The van der Waals surface area contributed by atoms with Crippen LogP contribution in [0.4, 0.5) is 0 Å². The number of hydrogen-bond donors (Lipinski definition) is 8. The molecule has 54 heavy (non-hydrogen) atoms. The topological polar surface area (TPSA) is 216 Å². The molecule has 7 rings (SSSR count). The summed E-state index contributed by atoms with van der Waals surface area (Å²) in [6, 6.07) is 0. The van der Waals surface area contributed by atoms with Gasteiger partial charge in [0.25, 0.3) is 0 Å². The van der Waals surface area contributed by atoms with Gasteiger partial charge in [0.05, 0.1) is 31.0 Å². The number of ether oxygens (including phenoxy) is 4. The molecule has 2 aliphatic heterocycles. The summed E-state index contributed by atoms with van der Waals surface area (Å²) in [5, 5.41) is 84.7. The quantitative estimate of drug-likeness (QED) is 0.181. The molecule has 0 bridgehead atoms. The SMILES string of the molecule is CC(C)(O[C@@H]1O[C@H](CO)[C@H](O)[C@H](O)[C@@H]1O)[C@@H]1CC[C@@]2(C)[C@H]1[C@@H](O)C[C@@]1(C)[C@@H]2CC[C@H]2[C@]3(C)CC[C@H](O[C@H]4OC[C@H](O)[C@H](O)[C@@H]4O)C(C)(C)[C@H]3C(=O)C[C@@]21C. The van der Waals surface area contributed by atoms with Gasteiger partial charge < -0.3 is 59.8 Å². The van der Waals surface area contributed by atoms with Gasteiger partial charge in [-0.05, 0) is 104 Å². The minimum atomic E-state index is -1.54. The number of rotatable bonds is 6. The van der Waals surface area contributed by atoms with Crippen LogP contribution in [0.2, 0.25) is 0 Å². The molecule has 2 heterocycles. The first-order chi connectivity index (χ1) is 25.0. The van der Waals surface area contributed by atoms with Gasteiger partial charge in [-0.3, -0.25) is 4.79 Å². The Hall–Kier alpha value is -0.810. The Balaban J connectivity index is 1.13. The van der Waals surface area contributed by atoms with Crippen molar-refractivity contribution >= 4 is 5.78 Å². The summed E-state index contributed by atoms with van der Waals surface area (Å²) in [6.45, 7) is 16.6. The zero-order valence-electron chi connectivity index (χ0n) is 33.4. The number of hydrogen-bond acceptors (Lipinski definition) is 13. The third-order valence-electron chi connectivity index (χ3n) is 17.4. The number of carbonyl (C=O) groups excluding carboxylic acids is 1. The van der Waals surface area contributed by atoms with Crippen molar-refractivity contribution in [1.82, 2.24) is 0 Å². The van der Waals surface area contributed by atoms with Crippen LogP contribution in [0.15, 0.2) is 0 Å². The summed E-state index contributed by atoms with van der Waals surface area (Å²) in [7, 11) is 0. The fourth-order valence-electron chi connectivity index (χ4n) is 14.8. The largest absolute Gasteiger partial charge is 0.394 e. The molecular formula is C41H68O13. The average Bonchev–Trinajstić information content (AvgIpc) is 3.46. The van der Waals surface area contributed by atoms with Crippen LogP contribution in [-0.2, 0) is 23.7 Å². The standard InChI is InChI=1S/C41H68O13/c1-36(2)26(53-34-31(49)28(46)22(45)18-51-34)12-14-39(6)25-10-9-24-38(5)13-11-19(37(3,4)54-35-32(50)30(48)29(47)23(17-42)52-35)27(38)20(43)15-40(24,7)41(25,8)16-21(44)33(36)39/h19-20,22-35,42-43,45-50H,9-18H2,1-8H3/t19-,20+,22+,23-,24-,25+,26+,27-,28+,29+,30+,31+,32+,33-,34-,35+,38-,39+,40+,41+/m1/s1. The van der Waals surface area contributed by atoms with Gasteiger partial charge >= 0.3 is 0 Å². The van der Waals surface area contributed by atoms with Crippen molar-refractivity contribution in [3.05, 3.63) is 0 Å². The van der Waals surface area contributed by atoms with E-state index in [0.29, 0.717) is 19.3 Å². The van der Waals surface area contributed by atoms with Crippen LogP contribution in [0.25, 0.3) is 0 Å². The molecule has 0 amide bonds. The Bertz CT molecular complexity index is 1420. The second kappa shape index (κ2) is 13.6. The average molecular weight is 769 g/mol. The number of aliphatic hydroxyl groups is 8. The molecule has 13 heteroatoms. The fourth-order valence-corrected chi connectivity index (χ4v) is 14.8. The van der Waals surface area contributed by atoms with E-state index in [1.807, 2.05) is 13.8 Å². The third kappa shape index (κ3) is 5.79. The van der Waals surface area contributed by atoms with Crippen molar-refractivity contribution in [3.63, 3.8) is 0 Å². The van der Waals surface area contributed by atoms with Crippen molar-refractivity contribution in [2.75, 3.05) is 13.2 Å². The second-order valence-electron chi connectivity index (χ2n) is 20.7. The Morgan fingerprint density at radius 3 is 2.00 bits per heavy atom. The first kappa shape index (κ1) is 41.4. The predicted octanol–water partition coefficient (Wildman–Crippen LogP) is 1.66. The van der Waals surface area contributed by atoms with Crippen molar-refractivity contribution in [3.8, 4) is 0 Å². The summed E-state index contributed by atoms with van der Waals surface area (Å²) < 4.78 is 24.2. The van der Waals surface area contributed by atoms with Gasteiger partial charge in [0, 0.05) is 17.8 Å². The third-order valence-corrected chi connectivity index (χ3v) is 17.4. The van der Waals surface area contributed by atoms with Crippen molar-refractivity contribution in [2.24, 2.45) is 56.7 Å². The summed E-state index contributed by atoms with van der Waals surface area (Å²) >= 11 is 0. The van der Waals surface area contributed by atoms with Gasteiger partial charge in [0.1, 0.15) is 48.5 Å². The highest BCUT2D eigenvalue weighted by atomic mass is 16.7. The lowest BCUT2D eigenvalue weighted by Gasteiger charge is -2.73. The maximum Gasteiger partial charge on any atom is 0.187 e. The lowest BCUT2D eigenvalue weighted by molar-refractivity contribution is -0.332. The fraction of sp³-hybridized carbons (Fsp3) is 0.976. The number of carbonyl (C=O) groups is 1. The molecule has 5 aliphatic carbocycles. The molecule has 0 unspecified atom stereocenters. The summed E-state index contributed by atoms with van der Waals surface area (Å²) in [5.41, 5.74) is -2.79. The van der Waals surface area contributed by atoms with E-state index < -0.39 is 85.1 Å². The van der Waals surface area contributed by atoms with E-state index in [9.17, 15) is 45.6 Å². The van der Waals surface area contributed by atoms with Gasteiger partial charge in [0.15, 0.2) is 12.6 Å². The maximum absolute atomic E-state index is 14.8. The van der Waals surface area contributed by atoms with Crippen LogP contribution in [0.1, 0.15) is 107 Å². The highest BCUT2D eigenvalue weighted by Gasteiger charge is 2.74. The molecule has 5 saturated carbocycles. The number of Topliss-reactive ketones (excluding diaryl/α,β-unsaturated/α-hetero) is 1. The van der Waals surface area contributed by atoms with Gasteiger partial charge in [-0.2, -0.15) is 0 Å². The number of fused-ring (bicyclic) bond motifs is 7. The number of ketones is 1. The molecule has 7 fully saturated rings. The Kier molecular flexibility index (Phi) is 10.4. The second-order valence-corrected chi connectivity index (χ2v) is 20.7. The van der Waals surface area contributed by atoms with E-state index in [1.54, 1.807) is 0 Å². The van der Waals surface area contributed by atoms with E-state index in [-0.39, 0.29) is 63.6 Å². The van der Waals surface area contributed by atoms with E-state index in [0.717, 1.165) is 32.1 Å². The van der Waals surface area contributed by atoms with Crippen LogP contribution in [0.5, 0.6) is 0 Å². The Morgan fingerprint density at radius 2 is 1.35 bits per heavy atom. The Morgan fingerprint density at radius 1 is 0.741 bits per heavy atom. The molecule has 0 aromatic rings. The van der Waals surface area contributed by atoms with Crippen LogP contribution >= 0.6 is 0 Å². The summed E-state index contributed by atoms with van der Waals surface area (Å²) in [4.78, 5) is 14.8. The molecular weight excluding hydrogens is 700 g/mol. The molecule has 310 valence electrons. The lowest BCUT2D eigenvalue weighted by Crippen LogP contribution is -2.71. The van der Waals surface area contributed by atoms with Crippen LogP contribution in [0.3, 0.4) is 0 Å². The molecule has 0 aromatic carbocycles. The molecule has 8 N–H and O–H groups in total. The maximum atomic E-state index is 14.8. The van der Waals surface area contributed by atoms with Crippen molar-refractivity contribution in [1.29, 1.82) is 0 Å². The zero-order valence-corrected chi connectivity index (χ0v) is 33.4.